The second kappa shape index (κ2) is 21.0. The standard InChI is InChI=1S/C26H51N5O2/c1-4-5-6-7-8-9-10-11-12-13-14-15-16-17-18-28-25-24(27)26(30-23-29-25)31(19-21-32-2)20-22-33-3/h23H,4-22,27H2,1-3H3,(H,28,29,30). The summed E-state index contributed by atoms with van der Waals surface area (Å²) in [5, 5.41) is 3.40. The molecule has 0 spiro atoms. The molecule has 1 aromatic rings. The van der Waals surface area contributed by atoms with Gasteiger partial charge in [0.2, 0.25) is 0 Å². The molecule has 0 saturated heterocycles. The molecule has 0 bridgehead atoms. The maximum Gasteiger partial charge on any atom is 0.157 e. The first-order valence-corrected chi connectivity index (χ1v) is 13.3. The molecule has 7 nitrogen and oxygen atoms in total. The van der Waals surface area contributed by atoms with Gasteiger partial charge in [0.05, 0.1) is 13.2 Å². The highest BCUT2D eigenvalue weighted by Gasteiger charge is 2.15. The summed E-state index contributed by atoms with van der Waals surface area (Å²) in [4.78, 5) is 10.8. The van der Waals surface area contributed by atoms with Crippen molar-refractivity contribution < 1.29 is 9.47 Å². The number of nitrogens with one attached hydrogen (secondary N) is 1. The van der Waals surface area contributed by atoms with Crippen molar-refractivity contribution in [1.29, 1.82) is 0 Å². The molecule has 3 N–H and O–H groups in total. The minimum Gasteiger partial charge on any atom is -0.393 e. The lowest BCUT2D eigenvalue weighted by Gasteiger charge is -2.25. The number of nitrogens with two attached hydrogens (primary N) is 1. The largest absolute Gasteiger partial charge is 0.393 e. The highest BCUT2D eigenvalue weighted by atomic mass is 16.5. The van der Waals surface area contributed by atoms with Crippen LogP contribution < -0.4 is 16.0 Å². The maximum absolute atomic E-state index is 6.38. The predicted molar refractivity (Wildman–Crippen MR) is 141 cm³/mol. The third-order valence-corrected chi connectivity index (χ3v) is 6.12. The average molecular weight is 466 g/mol. The van der Waals surface area contributed by atoms with Gasteiger partial charge in [-0.2, -0.15) is 0 Å². The van der Waals surface area contributed by atoms with E-state index in [-0.39, 0.29) is 0 Å². The number of methoxy groups -OCH3 is 2. The Morgan fingerprint density at radius 1 is 0.758 bits per heavy atom. The van der Waals surface area contributed by atoms with Gasteiger partial charge in [0.15, 0.2) is 11.6 Å². The van der Waals surface area contributed by atoms with Crippen molar-refractivity contribution in [2.75, 3.05) is 63.0 Å². The van der Waals surface area contributed by atoms with Crippen LogP contribution in [0.25, 0.3) is 0 Å². The highest BCUT2D eigenvalue weighted by Crippen LogP contribution is 2.26. The zero-order valence-corrected chi connectivity index (χ0v) is 21.7. The maximum atomic E-state index is 6.38. The number of rotatable bonds is 23. The van der Waals surface area contributed by atoms with E-state index in [1.54, 1.807) is 20.5 Å². The Balaban J connectivity index is 2.15. The van der Waals surface area contributed by atoms with Crippen LogP contribution in [0.15, 0.2) is 6.33 Å². The van der Waals surface area contributed by atoms with E-state index in [0.29, 0.717) is 32.0 Å². The first kappa shape index (κ1) is 29.4. The van der Waals surface area contributed by atoms with Crippen LogP contribution in [0.1, 0.15) is 96.8 Å². The van der Waals surface area contributed by atoms with Crippen LogP contribution in [-0.2, 0) is 9.47 Å². The molecular weight excluding hydrogens is 414 g/mol. The van der Waals surface area contributed by atoms with Crippen molar-refractivity contribution in [2.45, 2.75) is 96.8 Å². The number of ether oxygens (including phenoxy) is 2. The molecule has 1 aromatic heterocycles. The fourth-order valence-corrected chi connectivity index (χ4v) is 4.03. The van der Waals surface area contributed by atoms with Crippen LogP contribution in [-0.4, -0.2) is 57.0 Å². The van der Waals surface area contributed by atoms with Gasteiger partial charge in [0.25, 0.3) is 0 Å². The Bertz CT molecular complexity index is 566. The Morgan fingerprint density at radius 2 is 1.24 bits per heavy atom. The molecule has 0 aromatic carbocycles. The van der Waals surface area contributed by atoms with Crippen molar-refractivity contribution in [3.63, 3.8) is 0 Å². The first-order valence-electron chi connectivity index (χ1n) is 13.3. The number of unbranched alkanes of at least 4 members (excludes halogenated alkanes) is 13. The van der Waals surface area contributed by atoms with Gasteiger partial charge in [-0.1, -0.05) is 90.4 Å². The molecule has 192 valence electrons. The fourth-order valence-electron chi connectivity index (χ4n) is 4.03. The van der Waals surface area contributed by atoms with Gasteiger partial charge < -0.3 is 25.4 Å². The summed E-state index contributed by atoms with van der Waals surface area (Å²) < 4.78 is 10.4. The van der Waals surface area contributed by atoms with Crippen LogP contribution in [0.4, 0.5) is 17.3 Å². The summed E-state index contributed by atoms with van der Waals surface area (Å²) >= 11 is 0. The van der Waals surface area contributed by atoms with E-state index < -0.39 is 0 Å². The van der Waals surface area contributed by atoms with Crippen molar-refractivity contribution in [2.24, 2.45) is 0 Å². The molecule has 33 heavy (non-hydrogen) atoms. The van der Waals surface area contributed by atoms with E-state index in [4.69, 9.17) is 15.2 Å². The summed E-state index contributed by atoms with van der Waals surface area (Å²) in [6.45, 7) is 5.79. The molecule has 0 saturated carbocycles. The second-order valence-corrected chi connectivity index (χ2v) is 8.96. The SMILES string of the molecule is CCCCCCCCCCCCCCCCNc1ncnc(N(CCOC)CCOC)c1N. The fraction of sp³-hybridized carbons (Fsp3) is 0.846. The lowest BCUT2D eigenvalue weighted by Crippen LogP contribution is -2.32. The number of hydrogen-bond acceptors (Lipinski definition) is 7. The van der Waals surface area contributed by atoms with Gasteiger partial charge in [0.1, 0.15) is 12.0 Å². The molecule has 7 heteroatoms. The van der Waals surface area contributed by atoms with Gasteiger partial charge in [0, 0.05) is 33.9 Å². The molecule has 0 aliphatic heterocycles. The van der Waals surface area contributed by atoms with Crippen molar-refractivity contribution in [3.05, 3.63) is 6.33 Å². The Hall–Kier alpha value is -1.60. The summed E-state index contributed by atoms with van der Waals surface area (Å²) in [7, 11) is 3.39. The quantitative estimate of drug-likeness (QED) is 0.190. The Labute approximate surface area is 203 Å². The summed E-state index contributed by atoms with van der Waals surface area (Å²) in [5.41, 5.74) is 6.97. The lowest BCUT2D eigenvalue weighted by molar-refractivity contribution is 0.190. The van der Waals surface area contributed by atoms with E-state index >= 15 is 0 Å². The molecule has 0 unspecified atom stereocenters. The van der Waals surface area contributed by atoms with Crippen LogP contribution in [0.5, 0.6) is 0 Å². The van der Waals surface area contributed by atoms with Crippen LogP contribution >= 0.6 is 0 Å². The molecule has 0 aliphatic carbocycles. The predicted octanol–water partition coefficient (Wildman–Crippen LogP) is 6.05. The van der Waals surface area contributed by atoms with Crippen LogP contribution in [0.3, 0.4) is 0 Å². The van der Waals surface area contributed by atoms with Gasteiger partial charge in [-0.15, -0.1) is 0 Å². The molecule has 0 fully saturated rings. The summed E-state index contributed by atoms with van der Waals surface area (Å²) in [5.74, 6) is 1.46. The van der Waals surface area contributed by atoms with E-state index in [1.165, 1.54) is 83.5 Å². The number of hydrogen-bond donors (Lipinski definition) is 2. The molecule has 0 amide bonds. The minimum atomic E-state index is 0.593. The number of anilines is 3. The van der Waals surface area contributed by atoms with E-state index in [1.807, 2.05) is 0 Å². The number of aromatic nitrogens is 2. The molecule has 0 atom stereocenters. The van der Waals surface area contributed by atoms with Crippen molar-refractivity contribution in [3.8, 4) is 0 Å². The van der Waals surface area contributed by atoms with E-state index in [2.05, 4.69) is 27.1 Å². The summed E-state index contributed by atoms with van der Waals surface area (Å²) in [6.07, 6.45) is 20.7. The Morgan fingerprint density at radius 3 is 1.73 bits per heavy atom. The van der Waals surface area contributed by atoms with Crippen LogP contribution in [0, 0.1) is 0 Å². The molecule has 1 rings (SSSR count). The molecule has 1 heterocycles. The topological polar surface area (TPSA) is 85.5 Å². The molecule has 0 aliphatic rings. The lowest BCUT2D eigenvalue weighted by atomic mass is 10.0. The minimum absolute atomic E-state index is 0.593. The molecular formula is C26H51N5O2. The third kappa shape index (κ3) is 14.3. The first-order chi connectivity index (χ1) is 16.2. The van der Waals surface area contributed by atoms with Crippen LogP contribution in [0.2, 0.25) is 0 Å². The van der Waals surface area contributed by atoms with Gasteiger partial charge in [-0.05, 0) is 6.42 Å². The normalized spacial score (nSPS) is 11.1. The highest BCUT2D eigenvalue weighted by molar-refractivity contribution is 5.74. The third-order valence-electron chi connectivity index (χ3n) is 6.12. The van der Waals surface area contributed by atoms with Gasteiger partial charge in [-0.25, -0.2) is 9.97 Å². The summed E-state index contributed by atoms with van der Waals surface area (Å²) in [6, 6.07) is 0. The van der Waals surface area contributed by atoms with E-state index in [0.717, 1.165) is 24.6 Å². The number of nitrogens with zero attached hydrogens (tertiary/aromatic N) is 3. The number of nitrogen functional groups attached to an aromatic ring is 1. The Kier molecular flexibility index (Phi) is 18.7. The van der Waals surface area contributed by atoms with Gasteiger partial charge >= 0.3 is 0 Å². The smallest absolute Gasteiger partial charge is 0.157 e. The van der Waals surface area contributed by atoms with E-state index in [9.17, 15) is 0 Å². The van der Waals surface area contributed by atoms with Crippen molar-refractivity contribution >= 4 is 17.3 Å². The second-order valence-electron chi connectivity index (χ2n) is 8.96. The zero-order valence-electron chi connectivity index (χ0n) is 21.7. The zero-order chi connectivity index (χ0) is 24.0. The van der Waals surface area contributed by atoms with Crippen molar-refractivity contribution in [1.82, 2.24) is 9.97 Å². The average Bonchev–Trinajstić information content (AvgIpc) is 2.83. The monoisotopic (exact) mass is 465 g/mol. The van der Waals surface area contributed by atoms with Gasteiger partial charge in [-0.3, -0.25) is 0 Å². The molecule has 0 radical (unpaired) electrons.